The highest BCUT2D eigenvalue weighted by molar-refractivity contribution is 9.09. The summed E-state index contributed by atoms with van der Waals surface area (Å²) in [6.45, 7) is 4.17. The van der Waals surface area contributed by atoms with Crippen molar-refractivity contribution >= 4 is 22.0 Å². The summed E-state index contributed by atoms with van der Waals surface area (Å²) in [5.74, 6) is 0.395. The molecule has 0 saturated heterocycles. The Morgan fingerprint density at radius 2 is 2.17 bits per heavy atom. The summed E-state index contributed by atoms with van der Waals surface area (Å²) in [6.07, 6.45) is 2.16. The molecule has 0 radical (unpaired) electrons. The van der Waals surface area contributed by atoms with Crippen LogP contribution in [0.1, 0.15) is 33.1 Å². The van der Waals surface area contributed by atoms with E-state index in [2.05, 4.69) is 35.1 Å². The largest absolute Gasteiger partial charge is 0.465 e. The Balaban J connectivity index is 3.84. The van der Waals surface area contributed by atoms with Gasteiger partial charge in [-0.2, -0.15) is 0 Å². The van der Waals surface area contributed by atoms with Gasteiger partial charge in [0.2, 0.25) is 0 Å². The van der Waals surface area contributed by atoms with Gasteiger partial charge in [0, 0.05) is 0 Å². The van der Waals surface area contributed by atoms with Crippen LogP contribution in [0, 0.1) is 5.92 Å². The minimum Gasteiger partial charge on any atom is -0.465 e. The van der Waals surface area contributed by atoms with E-state index in [0.29, 0.717) is 5.92 Å². The minimum absolute atomic E-state index is 0.111. The first-order valence-corrected chi connectivity index (χ1v) is 5.16. The van der Waals surface area contributed by atoms with Gasteiger partial charge in [0.05, 0.1) is 4.95 Å². The van der Waals surface area contributed by atoms with E-state index in [-0.39, 0.29) is 4.95 Å². The molecule has 4 heteroatoms. The maximum atomic E-state index is 10.3. The van der Waals surface area contributed by atoms with Crippen LogP contribution in [0.15, 0.2) is 0 Å². The molecule has 12 heavy (non-hydrogen) atoms. The van der Waals surface area contributed by atoms with Crippen LogP contribution in [0.25, 0.3) is 0 Å². The molecule has 0 spiro atoms. The van der Waals surface area contributed by atoms with Gasteiger partial charge in [0.25, 0.3) is 0 Å². The molecule has 1 amide bonds. The number of carboxylic acid groups (broad SMARTS) is 1. The normalized spacial score (nSPS) is 15.2. The summed E-state index contributed by atoms with van der Waals surface area (Å²) < 4.78 is 0. The lowest BCUT2D eigenvalue weighted by molar-refractivity contribution is 0.190. The average molecular weight is 238 g/mol. The van der Waals surface area contributed by atoms with E-state index >= 15 is 0 Å². The Hall–Kier alpha value is -0.250. The smallest absolute Gasteiger partial charge is 0.405 e. The van der Waals surface area contributed by atoms with Crippen LogP contribution < -0.4 is 5.32 Å². The number of carbonyl (C=O) groups is 1. The van der Waals surface area contributed by atoms with Crippen LogP contribution in [0.5, 0.6) is 0 Å². The first-order valence-electron chi connectivity index (χ1n) is 4.25. The maximum absolute atomic E-state index is 10.3. The number of alkyl halides is 1. The predicted octanol–water partition coefficient (Wildman–Crippen LogP) is 2.80. The lowest BCUT2D eigenvalue weighted by Gasteiger charge is -2.19. The molecule has 0 saturated carbocycles. The van der Waals surface area contributed by atoms with Gasteiger partial charge in [0.1, 0.15) is 0 Å². The Kier molecular flexibility index (Phi) is 6.16. The van der Waals surface area contributed by atoms with E-state index in [9.17, 15) is 4.79 Å². The summed E-state index contributed by atoms with van der Waals surface area (Å²) in [5.41, 5.74) is 0. The summed E-state index contributed by atoms with van der Waals surface area (Å²) in [4.78, 5) is 10.2. The van der Waals surface area contributed by atoms with Crippen molar-refractivity contribution in [3.05, 3.63) is 0 Å². The van der Waals surface area contributed by atoms with Gasteiger partial charge in [-0.25, -0.2) is 4.79 Å². The summed E-state index contributed by atoms with van der Waals surface area (Å²) in [6, 6.07) is 0. The molecule has 0 aliphatic heterocycles. The SMILES string of the molecule is CCCC(CC)C(Br)NC(=O)O. The van der Waals surface area contributed by atoms with Crippen molar-refractivity contribution in [3.63, 3.8) is 0 Å². The van der Waals surface area contributed by atoms with E-state index in [1.807, 2.05) is 0 Å². The van der Waals surface area contributed by atoms with Crippen molar-refractivity contribution in [3.8, 4) is 0 Å². The zero-order valence-corrected chi connectivity index (χ0v) is 9.10. The molecule has 0 aromatic heterocycles. The van der Waals surface area contributed by atoms with Crippen LogP contribution in [0.2, 0.25) is 0 Å². The van der Waals surface area contributed by atoms with Crippen LogP contribution in [0.4, 0.5) is 4.79 Å². The molecular weight excluding hydrogens is 222 g/mol. The molecule has 0 aliphatic rings. The predicted molar refractivity (Wildman–Crippen MR) is 52.6 cm³/mol. The maximum Gasteiger partial charge on any atom is 0.405 e. The molecule has 0 aliphatic carbocycles. The number of rotatable bonds is 5. The van der Waals surface area contributed by atoms with Crippen LogP contribution >= 0.6 is 15.9 Å². The molecule has 0 fully saturated rings. The molecule has 0 aromatic carbocycles. The number of hydrogen-bond acceptors (Lipinski definition) is 1. The number of amides is 1. The second-order valence-corrected chi connectivity index (χ2v) is 3.79. The Bertz CT molecular complexity index is 141. The van der Waals surface area contributed by atoms with Gasteiger partial charge < -0.3 is 10.4 Å². The summed E-state index contributed by atoms with van der Waals surface area (Å²) in [7, 11) is 0. The van der Waals surface area contributed by atoms with Gasteiger partial charge in [-0.05, 0) is 12.3 Å². The molecule has 2 N–H and O–H groups in total. The lowest BCUT2D eigenvalue weighted by atomic mass is 10.0. The molecule has 2 atom stereocenters. The van der Waals surface area contributed by atoms with Gasteiger partial charge in [-0.15, -0.1) is 0 Å². The van der Waals surface area contributed by atoms with Crippen molar-refractivity contribution < 1.29 is 9.90 Å². The Labute approximate surface area is 81.7 Å². The van der Waals surface area contributed by atoms with Crippen molar-refractivity contribution in [2.75, 3.05) is 0 Å². The van der Waals surface area contributed by atoms with Crippen molar-refractivity contribution in [2.24, 2.45) is 5.92 Å². The van der Waals surface area contributed by atoms with Gasteiger partial charge >= 0.3 is 6.09 Å². The Morgan fingerprint density at radius 3 is 2.50 bits per heavy atom. The second-order valence-electron chi connectivity index (χ2n) is 2.81. The monoisotopic (exact) mass is 237 g/mol. The zero-order valence-electron chi connectivity index (χ0n) is 7.51. The quantitative estimate of drug-likeness (QED) is 0.571. The highest BCUT2D eigenvalue weighted by atomic mass is 79.9. The molecule has 0 aromatic rings. The zero-order chi connectivity index (χ0) is 9.56. The molecule has 2 unspecified atom stereocenters. The molecule has 0 heterocycles. The van der Waals surface area contributed by atoms with Crippen LogP contribution in [0.3, 0.4) is 0 Å². The number of halogens is 1. The first-order chi connectivity index (χ1) is 5.61. The third kappa shape index (κ3) is 4.59. The fourth-order valence-corrected chi connectivity index (χ4v) is 2.00. The van der Waals surface area contributed by atoms with Crippen molar-refractivity contribution in [2.45, 2.75) is 38.1 Å². The lowest BCUT2D eigenvalue weighted by Crippen LogP contribution is -2.34. The van der Waals surface area contributed by atoms with Gasteiger partial charge in [-0.1, -0.05) is 42.6 Å². The third-order valence-corrected chi connectivity index (χ3v) is 2.84. The average Bonchev–Trinajstić information content (AvgIpc) is 1.98. The van der Waals surface area contributed by atoms with Crippen LogP contribution in [-0.4, -0.2) is 16.2 Å². The van der Waals surface area contributed by atoms with Crippen molar-refractivity contribution in [1.82, 2.24) is 5.32 Å². The number of hydrogen-bond donors (Lipinski definition) is 2. The first kappa shape index (κ1) is 11.8. The Morgan fingerprint density at radius 1 is 1.58 bits per heavy atom. The topological polar surface area (TPSA) is 49.3 Å². The van der Waals surface area contributed by atoms with E-state index in [1.54, 1.807) is 0 Å². The highest BCUT2D eigenvalue weighted by Gasteiger charge is 2.17. The summed E-state index contributed by atoms with van der Waals surface area (Å²) >= 11 is 3.31. The van der Waals surface area contributed by atoms with Gasteiger partial charge in [0.15, 0.2) is 0 Å². The molecule has 0 bridgehead atoms. The van der Waals surface area contributed by atoms with Gasteiger partial charge in [-0.3, -0.25) is 0 Å². The fraction of sp³-hybridized carbons (Fsp3) is 0.875. The van der Waals surface area contributed by atoms with E-state index in [1.165, 1.54) is 0 Å². The molecule has 3 nitrogen and oxygen atoms in total. The fourth-order valence-electron chi connectivity index (χ4n) is 1.16. The molecule has 72 valence electrons. The van der Waals surface area contributed by atoms with Crippen LogP contribution in [-0.2, 0) is 0 Å². The van der Waals surface area contributed by atoms with E-state index < -0.39 is 6.09 Å². The number of nitrogens with one attached hydrogen (secondary N) is 1. The third-order valence-electron chi connectivity index (χ3n) is 1.86. The van der Waals surface area contributed by atoms with E-state index in [4.69, 9.17) is 5.11 Å². The van der Waals surface area contributed by atoms with E-state index in [0.717, 1.165) is 19.3 Å². The molecular formula is C8H16BrNO2. The minimum atomic E-state index is -0.966. The highest BCUT2D eigenvalue weighted by Crippen LogP contribution is 2.19. The molecule has 0 rings (SSSR count). The summed E-state index contributed by atoms with van der Waals surface area (Å²) in [5, 5.41) is 10.9. The second kappa shape index (κ2) is 6.29. The van der Waals surface area contributed by atoms with Crippen molar-refractivity contribution in [1.29, 1.82) is 0 Å². The standard InChI is InChI=1S/C8H16BrNO2/c1-3-5-6(4-2)7(9)10-8(11)12/h6-7,10H,3-5H2,1-2H3,(H,11,12).